The lowest BCUT2D eigenvalue weighted by Gasteiger charge is -2.26. The molecule has 1 N–H and O–H groups in total. The van der Waals surface area contributed by atoms with E-state index in [1.165, 1.54) is 64.2 Å². The molecule has 38 heavy (non-hydrogen) atoms. The molecule has 3 nitrogen and oxygen atoms in total. The fraction of sp³-hybridized carbons (Fsp3) is 0.515. The fourth-order valence-corrected chi connectivity index (χ4v) is 5.52. The Bertz CT molecular complexity index is 1100. The Hall–Kier alpha value is -1.78. The van der Waals surface area contributed by atoms with Crippen LogP contribution in [-0.4, -0.2) is 36.8 Å². The van der Waals surface area contributed by atoms with Gasteiger partial charge >= 0.3 is 0 Å². The van der Waals surface area contributed by atoms with Crippen molar-refractivity contribution in [3.8, 4) is 16.9 Å². The van der Waals surface area contributed by atoms with E-state index in [9.17, 15) is 5.11 Å². The zero-order valence-corrected chi connectivity index (χ0v) is 25.0. The van der Waals surface area contributed by atoms with Gasteiger partial charge in [-0.2, -0.15) is 0 Å². The molecule has 3 aromatic carbocycles. The maximum absolute atomic E-state index is 11.7. The molecule has 0 spiro atoms. The molecule has 0 saturated carbocycles. The third-order valence-corrected chi connectivity index (χ3v) is 7.93. The number of aliphatic hydroxyl groups excluding tert-OH is 1. The van der Waals surface area contributed by atoms with E-state index in [0.29, 0.717) is 22.3 Å². The lowest BCUT2D eigenvalue weighted by molar-refractivity contribution is 0.111. The van der Waals surface area contributed by atoms with Gasteiger partial charge in [0.2, 0.25) is 0 Å². The van der Waals surface area contributed by atoms with Crippen molar-refractivity contribution in [2.24, 2.45) is 0 Å². The molecular weight excluding hydrogens is 513 g/mol. The van der Waals surface area contributed by atoms with Gasteiger partial charge in [-0.3, -0.25) is 0 Å². The van der Waals surface area contributed by atoms with Crippen molar-refractivity contribution in [3.05, 3.63) is 64.1 Å². The summed E-state index contributed by atoms with van der Waals surface area (Å²) in [6.07, 6.45) is 11.9. The molecule has 0 aliphatic carbocycles. The highest BCUT2D eigenvalue weighted by atomic mass is 35.5. The summed E-state index contributed by atoms with van der Waals surface area (Å²) < 4.78 is 5.53. The van der Waals surface area contributed by atoms with Crippen LogP contribution >= 0.6 is 23.2 Å². The first-order valence-corrected chi connectivity index (χ1v) is 15.2. The van der Waals surface area contributed by atoms with Crippen LogP contribution in [0.1, 0.15) is 89.7 Å². The maximum atomic E-state index is 11.7. The maximum Gasteiger partial charge on any atom is 0.138 e. The molecule has 0 aliphatic heterocycles. The number of aliphatic hydroxyl groups is 1. The lowest BCUT2D eigenvalue weighted by atomic mass is 9.93. The van der Waals surface area contributed by atoms with Gasteiger partial charge in [-0.25, -0.2) is 0 Å². The Morgan fingerprint density at radius 2 is 1.37 bits per heavy atom. The number of methoxy groups -OCH3 is 1. The molecule has 0 bridgehead atoms. The first kappa shape index (κ1) is 30.8. The van der Waals surface area contributed by atoms with Crippen LogP contribution in [0.3, 0.4) is 0 Å². The average Bonchev–Trinajstić information content (AvgIpc) is 2.91. The predicted molar refractivity (Wildman–Crippen MR) is 165 cm³/mol. The van der Waals surface area contributed by atoms with Gasteiger partial charge in [-0.1, -0.05) is 101 Å². The summed E-state index contributed by atoms with van der Waals surface area (Å²) in [4.78, 5) is 2.47. The van der Waals surface area contributed by atoms with Crippen molar-refractivity contribution in [1.29, 1.82) is 0 Å². The molecule has 0 radical (unpaired) electrons. The molecule has 0 saturated heterocycles. The molecule has 1 atom stereocenters. The molecule has 3 aromatic rings. The minimum atomic E-state index is -0.623. The first-order valence-electron chi connectivity index (χ1n) is 14.4. The lowest BCUT2D eigenvalue weighted by Crippen LogP contribution is -2.31. The van der Waals surface area contributed by atoms with Gasteiger partial charge in [-0.15, -0.1) is 0 Å². The van der Waals surface area contributed by atoms with Crippen molar-refractivity contribution in [1.82, 2.24) is 4.90 Å². The van der Waals surface area contributed by atoms with Crippen molar-refractivity contribution >= 4 is 34.0 Å². The number of fused-ring (bicyclic) bond motifs is 1. The number of unbranched alkanes of at least 4 members (excludes halogenated alkanes) is 8. The molecule has 0 amide bonds. The van der Waals surface area contributed by atoms with Crippen LogP contribution in [0.25, 0.3) is 21.9 Å². The number of hydrogen-bond donors (Lipinski definition) is 1. The number of halogens is 2. The Labute approximate surface area is 240 Å². The van der Waals surface area contributed by atoms with E-state index in [2.05, 4.69) is 30.9 Å². The van der Waals surface area contributed by atoms with Crippen molar-refractivity contribution < 1.29 is 9.84 Å². The van der Waals surface area contributed by atoms with Crippen LogP contribution < -0.4 is 4.74 Å². The zero-order chi connectivity index (χ0) is 27.3. The van der Waals surface area contributed by atoms with Crippen LogP contribution in [-0.2, 0) is 0 Å². The molecular formula is C33H45Cl2NO2. The zero-order valence-electron chi connectivity index (χ0n) is 23.4. The SMILES string of the molecule is CCCCCCCN(CCCCCCC)CC(O)c1cc(-c2ccc(Cl)cc2)cc2cc(Cl)c(OC)cc12. The molecule has 0 aromatic heterocycles. The van der Waals surface area contributed by atoms with Crippen LogP contribution in [0.15, 0.2) is 48.5 Å². The molecule has 0 fully saturated rings. The summed E-state index contributed by atoms with van der Waals surface area (Å²) in [6, 6.07) is 16.0. The van der Waals surface area contributed by atoms with E-state index in [1.54, 1.807) is 7.11 Å². The quantitative estimate of drug-likeness (QED) is 0.167. The highest BCUT2D eigenvalue weighted by Crippen LogP contribution is 2.37. The van der Waals surface area contributed by atoms with E-state index in [1.807, 2.05) is 36.4 Å². The molecule has 3 rings (SSSR count). The second-order valence-electron chi connectivity index (χ2n) is 10.4. The Morgan fingerprint density at radius 1 is 0.763 bits per heavy atom. The van der Waals surface area contributed by atoms with Crippen LogP contribution in [0, 0.1) is 0 Å². The molecule has 1 unspecified atom stereocenters. The minimum absolute atomic E-state index is 0.564. The van der Waals surface area contributed by atoms with Crippen LogP contribution in [0.2, 0.25) is 10.0 Å². The number of benzene rings is 3. The van der Waals surface area contributed by atoms with Gasteiger partial charge in [0, 0.05) is 11.6 Å². The molecule has 0 aliphatic rings. The second kappa shape index (κ2) is 16.4. The number of ether oxygens (including phenoxy) is 1. The fourth-order valence-electron chi connectivity index (χ4n) is 5.15. The van der Waals surface area contributed by atoms with E-state index in [-0.39, 0.29) is 0 Å². The number of nitrogens with zero attached hydrogens (tertiary/aromatic N) is 1. The minimum Gasteiger partial charge on any atom is -0.495 e. The third-order valence-electron chi connectivity index (χ3n) is 7.38. The highest BCUT2D eigenvalue weighted by Gasteiger charge is 2.19. The highest BCUT2D eigenvalue weighted by molar-refractivity contribution is 6.33. The van der Waals surface area contributed by atoms with Crippen LogP contribution in [0.4, 0.5) is 0 Å². The number of hydrogen-bond acceptors (Lipinski definition) is 3. The van der Waals surface area contributed by atoms with E-state index in [0.717, 1.165) is 40.6 Å². The number of rotatable bonds is 17. The summed E-state index contributed by atoms with van der Waals surface area (Å²) in [5, 5.41) is 14.9. The summed E-state index contributed by atoms with van der Waals surface area (Å²) in [5.74, 6) is 0.621. The second-order valence-corrected chi connectivity index (χ2v) is 11.3. The summed E-state index contributed by atoms with van der Waals surface area (Å²) in [7, 11) is 1.63. The van der Waals surface area contributed by atoms with Crippen molar-refractivity contribution in [3.63, 3.8) is 0 Å². The predicted octanol–water partition coefficient (Wildman–Crippen LogP) is 10.1. The van der Waals surface area contributed by atoms with Gasteiger partial charge in [0.25, 0.3) is 0 Å². The van der Waals surface area contributed by atoms with Gasteiger partial charge < -0.3 is 14.7 Å². The van der Waals surface area contributed by atoms with E-state index in [4.69, 9.17) is 27.9 Å². The van der Waals surface area contributed by atoms with Crippen LogP contribution in [0.5, 0.6) is 5.75 Å². The summed E-state index contributed by atoms with van der Waals surface area (Å²) in [6.45, 7) is 7.18. The molecule has 5 heteroatoms. The Kier molecular flexibility index (Phi) is 13.2. The van der Waals surface area contributed by atoms with E-state index >= 15 is 0 Å². The Balaban J connectivity index is 1.88. The standard InChI is InChI=1S/C33H45Cl2NO2/c1-4-6-8-10-12-18-36(19-13-11-9-7-5-2)24-32(37)30-21-26(25-14-16-28(34)17-15-25)20-27-22-31(35)33(38-3)23-29(27)30/h14-17,20-23,32,37H,4-13,18-19,24H2,1-3H3. The first-order chi connectivity index (χ1) is 18.5. The molecule has 208 valence electrons. The van der Waals surface area contributed by atoms with E-state index < -0.39 is 6.10 Å². The van der Waals surface area contributed by atoms with Crippen molar-refractivity contribution in [2.75, 3.05) is 26.7 Å². The van der Waals surface area contributed by atoms with Gasteiger partial charge in [0.05, 0.1) is 18.2 Å². The van der Waals surface area contributed by atoms with Gasteiger partial charge in [0.15, 0.2) is 0 Å². The largest absolute Gasteiger partial charge is 0.495 e. The van der Waals surface area contributed by atoms with Gasteiger partial charge in [-0.05, 0) is 89.8 Å². The average molecular weight is 559 g/mol. The topological polar surface area (TPSA) is 32.7 Å². The third kappa shape index (κ3) is 9.16. The summed E-state index contributed by atoms with van der Waals surface area (Å²) in [5.41, 5.74) is 3.00. The monoisotopic (exact) mass is 557 g/mol. The molecule has 0 heterocycles. The van der Waals surface area contributed by atoms with Gasteiger partial charge in [0.1, 0.15) is 5.75 Å². The summed E-state index contributed by atoms with van der Waals surface area (Å²) >= 11 is 12.7. The van der Waals surface area contributed by atoms with Crippen molar-refractivity contribution in [2.45, 2.75) is 84.2 Å². The Morgan fingerprint density at radius 3 is 1.95 bits per heavy atom. The smallest absolute Gasteiger partial charge is 0.138 e. The normalized spacial score (nSPS) is 12.4.